The number of fused-ring (bicyclic) bond motifs is 3. The summed E-state index contributed by atoms with van der Waals surface area (Å²) in [5.74, 6) is -0.0604. The standard InChI is InChI=1S/C18H22FNO2/c1-18(2,3)22-17(21)20-11-12-8-9-13(19)10-15(12)14-6-4-5-7-16(14)20/h4-5,8-10,14,16H,6-7,11H2,1-3H3/t14-,16-/m0/s1. The highest BCUT2D eigenvalue weighted by Gasteiger charge is 2.39. The zero-order valence-electron chi connectivity index (χ0n) is 13.3. The third-order valence-electron chi connectivity index (χ3n) is 4.28. The Morgan fingerprint density at radius 3 is 2.73 bits per heavy atom. The van der Waals surface area contributed by atoms with Crippen LogP contribution in [-0.4, -0.2) is 22.6 Å². The normalized spacial score (nSPS) is 23.7. The second-order valence-corrected chi connectivity index (χ2v) is 7.07. The summed E-state index contributed by atoms with van der Waals surface area (Å²) in [4.78, 5) is 14.4. The van der Waals surface area contributed by atoms with Crippen LogP contribution in [0.15, 0.2) is 30.4 Å². The van der Waals surface area contributed by atoms with Gasteiger partial charge in [-0.15, -0.1) is 0 Å². The number of carbonyl (C=O) groups excluding carboxylic acids is 1. The first-order chi connectivity index (χ1) is 10.3. The van der Waals surface area contributed by atoms with Gasteiger partial charge in [0.1, 0.15) is 11.4 Å². The lowest BCUT2D eigenvalue weighted by atomic mass is 9.77. The molecule has 3 rings (SSSR count). The van der Waals surface area contributed by atoms with Crippen LogP contribution in [-0.2, 0) is 11.3 Å². The van der Waals surface area contributed by atoms with Crippen molar-refractivity contribution >= 4 is 6.09 Å². The molecule has 4 heteroatoms. The van der Waals surface area contributed by atoms with Crippen molar-refractivity contribution in [3.05, 3.63) is 47.3 Å². The van der Waals surface area contributed by atoms with Gasteiger partial charge in [0.15, 0.2) is 0 Å². The minimum Gasteiger partial charge on any atom is -0.444 e. The average Bonchev–Trinajstić information content (AvgIpc) is 2.44. The molecule has 1 aromatic carbocycles. The molecule has 1 heterocycles. The van der Waals surface area contributed by atoms with Gasteiger partial charge in [-0.25, -0.2) is 9.18 Å². The Balaban J connectivity index is 1.94. The van der Waals surface area contributed by atoms with E-state index in [2.05, 4.69) is 12.2 Å². The van der Waals surface area contributed by atoms with Gasteiger partial charge in [-0.2, -0.15) is 0 Å². The average molecular weight is 303 g/mol. The SMILES string of the molecule is CC(C)(C)OC(=O)N1Cc2ccc(F)cc2[C@@H]2CC=CC[C@@H]21. The van der Waals surface area contributed by atoms with Gasteiger partial charge >= 0.3 is 6.09 Å². The van der Waals surface area contributed by atoms with E-state index in [0.29, 0.717) is 6.54 Å². The van der Waals surface area contributed by atoms with Crippen molar-refractivity contribution in [1.29, 1.82) is 0 Å². The van der Waals surface area contributed by atoms with Crippen molar-refractivity contribution in [1.82, 2.24) is 4.90 Å². The number of hydrogen-bond donors (Lipinski definition) is 0. The molecule has 0 radical (unpaired) electrons. The second kappa shape index (κ2) is 5.41. The monoisotopic (exact) mass is 303 g/mol. The molecule has 1 aliphatic heterocycles. The van der Waals surface area contributed by atoms with Gasteiger partial charge < -0.3 is 4.74 Å². The molecular weight excluding hydrogens is 281 g/mol. The van der Waals surface area contributed by atoms with E-state index >= 15 is 0 Å². The summed E-state index contributed by atoms with van der Waals surface area (Å²) in [5.41, 5.74) is 1.54. The molecule has 0 fully saturated rings. The van der Waals surface area contributed by atoms with Crippen LogP contribution in [0.5, 0.6) is 0 Å². The molecule has 0 saturated heterocycles. The smallest absolute Gasteiger partial charge is 0.410 e. The van der Waals surface area contributed by atoms with Crippen molar-refractivity contribution < 1.29 is 13.9 Å². The summed E-state index contributed by atoms with van der Waals surface area (Å²) in [6.07, 6.45) is 5.56. The number of allylic oxidation sites excluding steroid dienone is 1. The molecule has 1 amide bonds. The van der Waals surface area contributed by atoms with Crippen LogP contribution in [0.3, 0.4) is 0 Å². The van der Waals surface area contributed by atoms with Gasteiger partial charge in [0, 0.05) is 18.5 Å². The van der Waals surface area contributed by atoms with Crippen LogP contribution in [0, 0.1) is 5.82 Å². The van der Waals surface area contributed by atoms with E-state index in [1.165, 1.54) is 6.07 Å². The highest BCUT2D eigenvalue weighted by atomic mass is 19.1. The number of nitrogens with zero attached hydrogens (tertiary/aromatic N) is 1. The molecule has 1 aromatic rings. The Morgan fingerprint density at radius 1 is 1.27 bits per heavy atom. The lowest BCUT2D eigenvalue weighted by Gasteiger charge is -2.43. The summed E-state index contributed by atoms with van der Waals surface area (Å²) >= 11 is 0. The van der Waals surface area contributed by atoms with Gasteiger partial charge in [-0.1, -0.05) is 18.2 Å². The maximum absolute atomic E-state index is 13.6. The Labute approximate surface area is 130 Å². The maximum atomic E-state index is 13.6. The highest BCUT2D eigenvalue weighted by molar-refractivity contribution is 5.69. The van der Waals surface area contributed by atoms with Crippen LogP contribution in [0.25, 0.3) is 0 Å². The van der Waals surface area contributed by atoms with Crippen molar-refractivity contribution in [2.45, 2.75) is 57.7 Å². The van der Waals surface area contributed by atoms with Crippen LogP contribution in [0.2, 0.25) is 0 Å². The van der Waals surface area contributed by atoms with Crippen molar-refractivity contribution in [2.24, 2.45) is 0 Å². The minimum atomic E-state index is -0.514. The number of carbonyl (C=O) groups is 1. The number of rotatable bonds is 0. The molecule has 2 aliphatic rings. The number of hydrogen-bond acceptors (Lipinski definition) is 2. The van der Waals surface area contributed by atoms with Gasteiger partial charge in [-0.05, 0) is 56.9 Å². The lowest BCUT2D eigenvalue weighted by molar-refractivity contribution is 0.00803. The maximum Gasteiger partial charge on any atom is 0.410 e. The molecule has 0 saturated carbocycles. The molecule has 1 aliphatic carbocycles. The fourth-order valence-electron chi connectivity index (χ4n) is 3.35. The first kappa shape index (κ1) is 15.1. The van der Waals surface area contributed by atoms with Gasteiger partial charge in [0.2, 0.25) is 0 Å². The molecular formula is C18H22FNO2. The largest absolute Gasteiger partial charge is 0.444 e. The van der Waals surface area contributed by atoms with E-state index in [1.807, 2.05) is 20.8 Å². The number of amides is 1. The Morgan fingerprint density at radius 2 is 2.00 bits per heavy atom. The third-order valence-corrected chi connectivity index (χ3v) is 4.28. The van der Waals surface area contributed by atoms with E-state index in [-0.39, 0.29) is 23.9 Å². The number of benzene rings is 1. The molecule has 0 spiro atoms. The van der Waals surface area contributed by atoms with E-state index in [0.717, 1.165) is 24.0 Å². The fraction of sp³-hybridized carbons (Fsp3) is 0.500. The minimum absolute atomic E-state index is 0.0501. The van der Waals surface area contributed by atoms with Gasteiger partial charge in [-0.3, -0.25) is 4.90 Å². The molecule has 22 heavy (non-hydrogen) atoms. The molecule has 2 atom stereocenters. The predicted octanol–water partition coefficient (Wildman–Crippen LogP) is 4.38. The highest BCUT2D eigenvalue weighted by Crippen LogP contribution is 2.40. The van der Waals surface area contributed by atoms with Gasteiger partial charge in [0.25, 0.3) is 0 Å². The van der Waals surface area contributed by atoms with Crippen LogP contribution in [0.1, 0.15) is 50.7 Å². The van der Waals surface area contributed by atoms with Crippen molar-refractivity contribution in [3.63, 3.8) is 0 Å². The van der Waals surface area contributed by atoms with E-state index < -0.39 is 5.60 Å². The van der Waals surface area contributed by atoms with Crippen molar-refractivity contribution in [3.8, 4) is 0 Å². The second-order valence-electron chi connectivity index (χ2n) is 7.07. The molecule has 0 unspecified atom stereocenters. The molecule has 3 nitrogen and oxygen atoms in total. The lowest BCUT2D eigenvalue weighted by Crippen LogP contribution is -2.49. The van der Waals surface area contributed by atoms with E-state index in [4.69, 9.17) is 4.74 Å². The topological polar surface area (TPSA) is 29.5 Å². The summed E-state index contributed by atoms with van der Waals surface area (Å²) in [7, 11) is 0. The molecule has 118 valence electrons. The summed E-state index contributed by atoms with van der Waals surface area (Å²) < 4.78 is 19.2. The quantitative estimate of drug-likeness (QED) is 0.666. The zero-order valence-corrected chi connectivity index (χ0v) is 13.3. The third kappa shape index (κ3) is 2.87. The Kier molecular flexibility index (Phi) is 3.71. The molecule has 0 N–H and O–H groups in total. The fourth-order valence-corrected chi connectivity index (χ4v) is 3.35. The van der Waals surface area contributed by atoms with Crippen molar-refractivity contribution in [2.75, 3.05) is 0 Å². The Hall–Kier alpha value is -1.84. The van der Waals surface area contributed by atoms with Crippen LogP contribution >= 0.6 is 0 Å². The Bertz CT molecular complexity index is 618. The van der Waals surface area contributed by atoms with E-state index in [1.54, 1.807) is 17.0 Å². The van der Waals surface area contributed by atoms with Gasteiger partial charge in [0.05, 0.1) is 0 Å². The first-order valence-electron chi connectivity index (χ1n) is 7.78. The predicted molar refractivity (Wildman–Crippen MR) is 83.1 cm³/mol. The van der Waals surface area contributed by atoms with Crippen LogP contribution < -0.4 is 0 Å². The summed E-state index contributed by atoms with van der Waals surface area (Å²) in [5, 5.41) is 0. The summed E-state index contributed by atoms with van der Waals surface area (Å²) in [6, 6.07) is 4.93. The summed E-state index contributed by atoms with van der Waals surface area (Å²) in [6.45, 7) is 6.10. The van der Waals surface area contributed by atoms with E-state index in [9.17, 15) is 9.18 Å². The number of halogens is 1. The first-order valence-corrected chi connectivity index (χ1v) is 7.78. The molecule has 0 bridgehead atoms. The number of ether oxygens (including phenoxy) is 1. The van der Waals surface area contributed by atoms with Crippen LogP contribution in [0.4, 0.5) is 9.18 Å². The molecule has 0 aromatic heterocycles. The zero-order chi connectivity index (χ0) is 15.9.